The van der Waals surface area contributed by atoms with Crippen molar-refractivity contribution in [1.82, 2.24) is 10.6 Å². The first-order valence-corrected chi connectivity index (χ1v) is 5.05. The maximum absolute atomic E-state index is 11.5. The Morgan fingerprint density at radius 1 is 1.50 bits per heavy atom. The minimum atomic E-state index is -0.417. The fraction of sp³-hybridized carbons (Fsp3) is 0.900. The molecule has 0 aliphatic carbocycles. The van der Waals surface area contributed by atoms with Crippen LogP contribution in [0.2, 0.25) is 0 Å². The third-order valence-corrected chi connectivity index (χ3v) is 2.36. The van der Waals surface area contributed by atoms with Crippen LogP contribution in [0.25, 0.3) is 0 Å². The Hall–Kier alpha value is -0.610. The topological polar surface area (TPSA) is 50.4 Å². The number of carbonyl (C=O) groups excluding carboxylic acids is 1. The number of ether oxygens (including phenoxy) is 1. The van der Waals surface area contributed by atoms with Crippen molar-refractivity contribution >= 4 is 5.97 Å². The number of hydrogen-bond acceptors (Lipinski definition) is 4. The predicted octanol–water partition coefficient (Wildman–Crippen LogP) is 0.483. The minimum Gasteiger partial charge on any atom is -0.446 e. The first kappa shape index (κ1) is 11.5. The van der Waals surface area contributed by atoms with Gasteiger partial charge in [0.05, 0.1) is 5.41 Å². The summed E-state index contributed by atoms with van der Waals surface area (Å²) in [4.78, 5) is 11.5. The monoisotopic (exact) mass is 200 g/mol. The molecule has 0 aromatic heterocycles. The maximum Gasteiger partial charge on any atom is 0.312 e. The van der Waals surface area contributed by atoms with Crippen LogP contribution in [0, 0.1) is 5.41 Å². The van der Waals surface area contributed by atoms with E-state index < -0.39 is 5.41 Å². The molecule has 0 aromatic rings. The predicted molar refractivity (Wildman–Crippen MR) is 54.8 cm³/mol. The molecule has 1 saturated heterocycles. The minimum absolute atomic E-state index is 0.126. The molecule has 0 radical (unpaired) electrons. The van der Waals surface area contributed by atoms with E-state index in [4.69, 9.17) is 4.74 Å². The van der Waals surface area contributed by atoms with Gasteiger partial charge in [-0.2, -0.15) is 0 Å². The highest BCUT2D eigenvalue weighted by Crippen LogP contribution is 2.18. The summed E-state index contributed by atoms with van der Waals surface area (Å²) in [6.07, 6.45) is 0.720. The number of rotatable bonds is 2. The zero-order chi connectivity index (χ0) is 10.8. The first-order chi connectivity index (χ1) is 6.43. The molecule has 0 aromatic carbocycles. The van der Waals surface area contributed by atoms with E-state index in [0.717, 1.165) is 13.0 Å². The lowest BCUT2D eigenvalue weighted by molar-refractivity contribution is -0.159. The third-order valence-electron chi connectivity index (χ3n) is 2.36. The summed E-state index contributed by atoms with van der Waals surface area (Å²) in [7, 11) is 1.92. The first-order valence-electron chi connectivity index (χ1n) is 5.05. The summed E-state index contributed by atoms with van der Waals surface area (Å²) in [5.74, 6) is -0.147. The van der Waals surface area contributed by atoms with Gasteiger partial charge < -0.3 is 10.1 Å². The van der Waals surface area contributed by atoms with Crippen molar-refractivity contribution < 1.29 is 9.53 Å². The molecule has 1 heterocycles. The lowest BCUT2D eigenvalue weighted by Crippen LogP contribution is -2.33. The molecule has 1 aliphatic heterocycles. The van der Waals surface area contributed by atoms with Crippen LogP contribution in [0.5, 0.6) is 0 Å². The summed E-state index contributed by atoms with van der Waals surface area (Å²) in [5, 5.41) is 6.31. The van der Waals surface area contributed by atoms with Gasteiger partial charge in [0.2, 0.25) is 0 Å². The molecule has 1 unspecified atom stereocenters. The maximum atomic E-state index is 11.5. The van der Waals surface area contributed by atoms with Crippen molar-refractivity contribution in [1.29, 1.82) is 0 Å². The van der Waals surface area contributed by atoms with E-state index in [-0.39, 0.29) is 12.2 Å². The van der Waals surface area contributed by atoms with Crippen molar-refractivity contribution in [2.75, 3.05) is 13.6 Å². The molecule has 14 heavy (non-hydrogen) atoms. The Balaban J connectivity index is 2.36. The van der Waals surface area contributed by atoms with E-state index in [0.29, 0.717) is 6.04 Å². The average molecular weight is 200 g/mol. The molecule has 0 bridgehead atoms. The van der Waals surface area contributed by atoms with Crippen LogP contribution in [-0.2, 0) is 9.53 Å². The zero-order valence-corrected chi connectivity index (χ0v) is 9.39. The molecule has 1 rings (SSSR count). The second-order valence-corrected chi connectivity index (χ2v) is 4.77. The molecule has 1 aliphatic rings. The normalized spacial score (nSPS) is 27.7. The quantitative estimate of drug-likeness (QED) is 0.637. The summed E-state index contributed by atoms with van der Waals surface area (Å²) < 4.78 is 5.32. The van der Waals surface area contributed by atoms with Crippen LogP contribution in [0.15, 0.2) is 0 Å². The van der Waals surface area contributed by atoms with Gasteiger partial charge >= 0.3 is 5.97 Å². The molecule has 4 heteroatoms. The van der Waals surface area contributed by atoms with Gasteiger partial charge in [-0.15, -0.1) is 0 Å². The molecule has 0 saturated carbocycles. The summed E-state index contributed by atoms with van der Waals surface area (Å²) in [6.45, 7) is 6.44. The van der Waals surface area contributed by atoms with Crippen LogP contribution in [0.4, 0.5) is 0 Å². The molecule has 82 valence electrons. The van der Waals surface area contributed by atoms with E-state index in [1.54, 1.807) is 0 Å². The highest BCUT2D eigenvalue weighted by atomic mass is 16.6. The fourth-order valence-corrected chi connectivity index (χ4v) is 1.31. The molecular formula is C10H20N2O2. The van der Waals surface area contributed by atoms with E-state index in [1.807, 2.05) is 27.8 Å². The second-order valence-electron chi connectivity index (χ2n) is 4.77. The summed E-state index contributed by atoms with van der Waals surface area (Å²) in [6, 6.07) is 0.410. The van der Waals surface area contributed by atoms with E-state index in [9.17, 15) is 4.79 Å². The number of hydrogen-bond donors (Lipinski definition) is 2. The zero-order valence-electron chi connectivity index (χ0n) is 9.39. The Morgan fingerprint density at radius 3 is 2.57 bits per heavy atom. The molecule has 4 nitrogen and oxygen atoms in total. The second kappa shape index (κ2) is 4.28. The van der Waals surface area contributed by atoms with Gasteiger partial charge in [-0.05, 0) is 27.8 Å². The van der Waals surface area contributed by atoms with Crippen LogP contribution in [0.1, 0.15) is 27.2 Å². The van der Waals surface area contributed by atoms with Crippen LogP contribution in [-0.4, -0.2) is 31.8 Å². The van der Waals surface area contributed by atoms with E-state index >= 15 is 0 Å². The summed E-state index contributed by atoms with van der Waals surface area (Å²) >= 11 is 0. The van der Waals surface area contributed by atoms with Gasteiger partial charge in [0.15, 0.2) is 6.23 Å². The number of nitrogens with one attached hydrogen (secondary N) is 2. The molecule has 0 spiro atoms. The Bertz CT molecular complexity index is 211. The van der Waals surface area contributed by atoms with Crippen LogP contribution >= 0.6 is 0 Å². The molecular weight excluding hydrogens is 180 g/mol. The fourth-order valence-electron chi connectivity index (χ4n) is 1.31. The van der Waals surface area contributed by atoms with E-state index in [1.165, 1.54) is 0 Å². The lowest BCUT2D eigenvalue weighted by Gasteiger charge is -2.20. The van der Waals surface area contributed by atoms with Gasteiger partial charge in [0.1, 0.15) is 0 Å². The molecule has 2 atom stereocenters. The van der Waals surface area contributed by atoms with Crippen molar-refractivity contribution in [3.8, 4) is 0 Å². The van der Waals surface area contributed by atoms with Gasteiger partial charge in [0, 0.05) is 19.0 Å². The van der Waals surface area contributed by atoms with E-state index in [2.05, 4.69) is 10.6 Å². The van der Waals surface area contributed by atoms with Crippen LogP contribution < -0.4 is 10.6 Å². The van der Waals surface area contributed by atoms with Crippen LogP contribution in [0.3, 0.4) is 0 Å². The number of carbonyl (C=O) groups is 1. The third kappa shape index (κ3) is 2.96. The Kier molecular flexibility index (Phi) is 3.50. The summed E-state index contributed by atoms with van der Waals surface area (Å²) in [5.41, 5.74) is -0.417. The molecule has 2 N–H and O–H groups in total. The van der Waals surface area contributed by atoms with Crippen molar-refractivity contribution in [2.24, 2.45) is 5.41 Å². The smallest absolute Gasteiger partial charge is 0.312 e. The lowest BCUT2D eigenvalue weighted by atomic mass is 9.97. The molecule has 0 amide bonds. The van der Waals surface area contributed by atoms with Crippen molar-refractivity contribution in [2.45, 2.75) is 39.5 Å². The number of esters is 1. The van der Waals surface area contributed by atoms with Gasteiger partial charge in [0.25, 0.3) is 0 Å². The van der Waals surface area contributed by atoms with Crippen molar-refractivity contribution in [3.63, 3.8) is 0 Å². The van der Waals surface area contributed by atoms with Gasteiger partial charge in [-0.25, -0.2) is 0 Å². The largest absolute Gasteiger partial charge is 0.446 e. The standard InChI is InChI=1S/C10H20N2O2/c1-10(2,3)9(13)14-8-5-7(11-4)6-12-8/h7-8,11-12H,5-6H2,1-4H3/t7-,8?/m1/s1. The Morgan fingerprint density at radius 2 is 2.14 bits per heavy atom. The average Bonchev–Trinajstić information content (AvgIpc) is 2.50. The Labute approximate surface area is 85.4 Å². The highest BCUT2D eigenvalue weighted by Gasteiger charge is 2.30. The highest BCUT2D eigenvalue weighted by molar-refractivity contribution is 5.75. The SMILES string of the molecule is CN[C@H]1CNC(OC(=O)C(C)(C)C)C1. The molecule has 1 fully saturated rings. The number of likely N-dealkylation sites (N-methyl/N-ethyl adjacent to an activating group) is 1. The van der Waals surface area contributed by atoms with Gasteiger partial charge in [-0.1, -0.05) is 0 Å². The van der Waals surface area contributed by atoms with Gasteiger partial charge in [-0.3, -0.25) is 10.1 Å². The van der Waals surface area contributed by atoms with Crippen molar-refractivity contribution in [3.05, 3.63) is 0 Å².